The van der Waals surface area contributed by atoms with Crippen LogP contribution in [0.4, 0.5) is 8.78 Å². The van der Waals surface area contributed by atoms with Gasteiger partial charge in [-0.25, -0.2) is 13.8 Å². The number of amides is 1. The van der Waals surface area contributed by atoms with Crippen LogP contribution in [0.2, 0.25) is 5.02 Å². The highest BCUT2D eigenvalue weighted by Crippen LogP contribution is 2.23. The molecule has 0 aliphatic rings. The highest BCUT2D eigenvalue weighted by Gasteiger charge is 2.20. The third-order valence-corrected chi connectivity index (χ3v) is 4.74. The first-order chi connectivity index (χ1) is 14.9. The molecule has 0 N–H and O–H groups in total. The molecule has 3 rings (SSSR count). The smallest absolute Gasteiger partial charge is 0.325 e. The Morgan fingerprint density at radius 3 is 2.55 bits per heavy atom. The fraction of sp³-hybridized carbons (Fsp3) is 0.227. The number of aryl methyl sites for hydroxylation is 1. The maximum absolute atomic E-state index is 13.5. The van der Waals surface area contributed by atoms with Gasteiger partial charge in [0.05, 0.1) is 13.3 Å². The molecule has 0 fully saturated rings. The predicted octanol–water partition coefficient (Wildman–Crippen LogP) is 4.41. The van der Waals surface area contributed by atoms with Crippen molar-refractivity contribution in [3.8, 4) is 11.3 Å². The summed E-state index contributed by atoms with van der Waals surface area (Å²) in [5.74, 6) is -2.15. The van der Waals surface area contributed by atoms with Crippen LogP contribution in [0.25, 0.3) is 11.3 Å². The van der Waals surface area contributed by atoms with E-state index in [1.807, 2.05) is 0 Å². The first-order valence-corrected chi connectivity index (χ1v) is 9.72. The lowest BCUT2D eigenvalue weighted by Crippen LogP contribution is -2.36. The SMILES string of the molecule is COC(=O)CN(Cc1ccc(F)c(F)c1)C(=O)CCc1ncc(-c2ccc(Cl)cc2)o1. The fourth-order valence-corrected chi connectivity index (χ4v) is 2.98. The summed E-state index contributed by atoms with van der Waals surface area (Å²) >= 11 is 5.88. The van der Waals surface area contributed by atoms with Gasteiger partial charge in [-0.3, -0.25) is 9.59 Å². The number of hydrogen-bond donors (Lipinski definition) is 0. The second kappa shape index (κ2) is 10.2. The molecule has 1 aromatic heterocycles. The Morgan fingerprint density at radius 2 is 1.87 bits per heavy atom. The van der Waals surface area contributed by atoms with Gasteiger partial charge >= 0.3 is 5.97 Å². The van der Waals surface area contributed by atoms with E-state index >= 15 is 0 Å². The molecule has 0 aliphatic carbocycles. The topological polar surface area (TPSA) is 72.6 Å². The standard InChI is InChI=1S/C22H19ClF2N2O4/c1-30-22(29)13-27(12-14-2-7-17(24)18(25)10-14)21(28)9-8-20-26-11-19(31-20)15-3-5-16(23)6-4-15/h2-7,10-11H,8-9,12-13H2,1H3. The molecule has 0 atom stereocenters. The van der Waals surface area contributed by atoms with Crippen molar-refractivity contribution in [2.24, 2.45) is 0 Å². The van der Waals surface area contributed by atoms with E-state index in [-0.39, 0.29) is 31.8 Å². The van der Waals surface area contributed by atoms with Crippen LogP contribution in [0.15, 0.2) is 53.1 Å². The molecule has 31 heavy (non-hydrogen) atoms. The minimum atomic E-state index is -1.03. The number of aromatic nitrogens is 1. The normalized spacial score (nSPS) is 10.7. The van der Waals surface area contributed by atoms with Crippen molar-refractivity contribution in [3.63, 3.8) is 0 Å². The number of rotatable bonds is 8. The molecule has 6 nitrogen and oxygen atoms in total. The van der Waals surface area contributed by atoms with Gasteiger partial charge in [-0.15, -0.1) is 0 Å². The number of carbonyl (C=O) groups excluding carboxylic acids is 2. The molecule has 0 saturated carbocycles. The van der Waals surface area contributed by atoms with Gasteiger partial charge in [0, 0.05) is 30.0 Å². The van der Waals surface area contributed by atoms with E-state index in [1.54, 1.807) is 30.5 Å². The van der Waals surface area contributed by atoms with Crippen molar-refractivity contribution in [1.29, 1.82) is 0 Å². The first kappa shape index (κ1) is 22.4. The van der Waals surface area contributed by atoms with Crippen molar-refractivity contribution in [2.75, 3.05) is 13.7 Å². The fourth-order valence-electron chi connectivity index (χ4n) is 2.86. The van der Waals surface area contributed by atoms with E-state index in [1.165, 1.54) is 18.1 Å². The number of esters is 1. The number of hydrogen-bond acceptors (Lipinski definition) is 5. The Kier molecular flexibility index (Phi) is 7.36. The van der Waals surface area contributed by atoms with Crippen LogP contribution in [0.1, 0.15) is 17.9 Å². The summed E-state index contributed by atoms with van der Waals surface area (Å²) in [4.78, 5) is 29.8. The van der Waals surface area contributed by atoms with E-state index in [2.05, 4.69) is 9.72 Å². The summed E-state index contributed by atoms with van der Waals surface area (Å²) in [5.41, 5.74) is 1.14. The molecule has 0 radical (unpaired) electrons. The van der Waals surface area contributed by atoms with Crippen LogP contribution in [0.3, 0.4) is 0 Å². The zero-order valence-electron chi connectivity index (χ0n) is 16.6. The summed E-state index contributed by atoms with van der Waals surface area (Å²) in [5, 5.41) is 0.598. The molecule has 0 unspecified atom stereocenters. The Bertz CT molecular complexity index is 1070. The Hall–Kier alpha value is -3.26. The lowest BCUT2D eigenvalue weighted by atomic mass is 10.2. The lowest BCUT2D eigenvalue weighted by molar-refractivity contribution is -0.147. The van der Waals surface area contributed by atoms with Crippen LogP contribution in [-0.4, -0.2) is 35.4 Å². The zero-order valence-corrected chi connectivity index (χ0v) is 17.4. The minimum Gasteiger partial charge on any atom is -0.468 e. The highest BCUT2D eigenvalue weighted by atomic mass is 35.5. The molecular formula is C22H19ClF2N2O4. The highest BCUT2D eigenvalue weighted by molar-refractivity contribution is 6.30. The summed E-state index contributed by atoms with van der Waals surface area (Å²) in [7, 11) is 1.20. The molecule has 0 bridgehead atoms. The quantitative estimate of drug-likeness (QED) is 0.477. The molecule has 9 heteroatoms. The minimum absolute atomic E-state index is 0.00123. The van der Waals surface area contributed by atoms with Gasteiger partial charge < -0.3 is 14.1 Å². The Morgan fingerprint density at radius 1 is 1.13 bits per heavy atom. The van der Waals surface area contributed by atoms with E-state index in [9.17, 15) is 18.4 Å². The van der Waals surface area contributed by atoms with Crippen LogP contribution < -0.4 is 0 Å². The van der Waals surface area contributed by atoms with Gasteiger partial charge in [0.25, 0.3) is 0 Å². The summed E-state index contributed by atoms with van der Waals surface area (Å²) in [6.07, 6.45) is 1.75. The van der Waals surface area contributed by atoms with Crippen molar-refractivity contribution in [2.45, 2.75) is 19.4 Å². The molecule has 0 aliphatic heterocycles. The second-order valence-corrected chi connectivity index (χ2v) is 7.14. The van der Waals surface area contributed by atoms with Crippen molar-refractivity contribution in [3.05, 3.63) is 76.8 Å². The maximum Gasteiger partial charge on any atom is 0.325 e. The zero-order chi connectivity index (χ0) is 22.4. The molecular weight excluding hydrogens is 430 g/mol. The van der Waals surface area contributed by atoms with E-state index in [0.717, 1.165) is 17.7 Å². The van der Waals surface area contributed by atoms with Crippen molar-refractivity contribution in [1.82, 2.24) is 9.88 Å². The lowest BCUT2D eigenvalue weighted by Gasteiger charge is -2.21. The number of oxazole rings is 1. The molecule has 0 saturated heterocycles. The number of carbonyl (C=O) groups is 2. The number of nitrogens with zero attached hydrogens (tertiary/aromatic N) is 2. The Balaban J connectivity index is 1.66. The largest absolute Gasteiger partial charge is 0.468 e. The van der Waals surface area contributed by atoms with Gasteiger partial charge in [-0.1, -0.05) is 17.7 Å². The monoisotopic (exact) mass is 448 g/mol. The number of methoxy groups -OCH3 is 1. The average Bonchev–Trinajstić information content (AvgIpc) is 3.23. The molecule has 1 amide bonds. The van der Waals surface area contributed by atoms with E-state index in [0.29, 0.717) is 22.2 Å². The summed E-state index contributed by atoms with van der Waals surface area (Å²) in [6, 6.07) is 10.3. The molecule has 3 aromatic rings. The summed E-state index contributed by atoms with van der Waals surface area (Å²) < 4.78 is 37.0. The van der Waals surface area contributed by atoms with Gasteiger partial charge in [-0.2, -0.15) is 0 Å². The second-order valence-electron chi connectivity index (χ2n) is 6.70. The van der Waals surface area contributed by atoms with Crippen LogP contribution in [-0.2, 0) is 27.3 Å². The molecule has 162 valence electrons. The van der Waals surface area contributed by atoms with Crippen molar-refractivity contribution < 1.29 is 27.5 Å². The average molecular weight is 449 g/mol. The maximum atomic E-state index is 13.5. The number of ether oxygens (including phenoxy) is 1. The predicted molar refractivity (Wildman–Crippen MR) is 109 cm³/mol. The molecule has 2 aromatic carbocycles. The van der Waals surface area contributed by atoms with Gasteiger partial charge in [0.15, 0.2) is 23.3 Å². The van der Waals surface area contributed by atoms with Crippen LogP contribution in [0, 0.1) is 11.6 Å². The van der Waals surface area contributed by atoms with Crippen LogP contribution >= 0.6 is 11.6 Å². The Labute approximate surface area is 182 Å². The molecule has 1 heterocycles. The number of benzene rings is 2. The van der Waals surface area contributed by atoms with Gasteiger partial charge in [-0.05, 0) is 42.0 Å². The van der Waals surface area contributed by atoms with Crippen LogP contribution in [0.5, 0.6) is 0 Å². The first-order valence-electron chi connectivity index (χ1n) is 9.35. The number of halogens is 3. The van der Waals surface area contributed by atoms with Crippen molar-refractivity contribution >= 4 is 23.5 Å². The third kappa shape index (κ3) is 6.11. The van der Waals surface area contributed by atoms with Gasteiger partial charge in [0.1, 0.15) is 6.54 Å². The van der Waals surface area contributed by atoms with Gasteiger partial charge in [0.2, 0.25) is 5.91 Å². The summed E-state index contributed by atoms with van der Waals surface area (Å²) in [6.45, 7) is -0.400. The van der Waals surface area contributed by atoms with E-state index < -0.39 is 17.6 Å². The van der Waals surface area contributed by atoms with E-state index in [4.69, 9.17) is 16.0 Å². The molecule has 0 spiro atoms. The third-order valence-electron chi connectivity index (χ3n) is 4.49.